The Bertz CT molecular complexity index is 403. The first-order valence-corrected chi connectivity index (χ1v) is 7.08. The Morgan fingerprint density at radius 2 is 2.06 bits per heavy atom. The van der Waals surface area contributed by atoms with Crippen LogP contribution in [0.4, 0.5) is 0 Å². The number of aliphatic hydroxyl groups excluding tert-OH is 1. The first kappa shape index (κ1) is 11.0. The van der Waals surface area contributed by atoms with Gasteiger partial charge in [0.2, 0.25) is 0 Å². The molecule has 3 nitrogen and oxygen atoms in total. The number of aromatic nitrogens is 2. The van der Waals surface area contributed by atoms with Crippen molar-refractivity contribution in [2.75, 3.05) is 0 Å². The maximum absolute atomic E-state index is 9.55. The van der Waals surface area contributed by atoms with Gasteiger partial charge in [0.1, 0.15) is 9.53 Å². The first-order chi connectivity index (χ1) is 7.58. The van der Waals surface area contributed by atoms with Crippen LogP contribution < -0.4 is 0 Å². The van der Waals surface area contributed by atoms with Crippen molar-refractivity contribution in [3.05, 3.63) is 15.7 Å². The van der Waals surface area contributed by atoms with Gasteiger partial charge in [0.15, 0.2) is 0 Å². The number of aliphatic hydroxyl groups is 1. The molecular weight excluding hydrogens is 315 g/mol. The fourth-order valence-electron chi connectivity index (χ4n) is 3.23. The van der Waals surface area contributed by atoms with Gasteiger partial charge < -0.3 is 9.67 Å². The highest BCUT2D eigenvalue weighted by Crippen LogP contribution is 2.61. The average Bonchev–Trinajstić information content (AvgIpc) is 2.60. The van der Waals surface area contributed by atoms with E-state index in [4.69, 9.17) is 0 Å². The third-order valence-electron chi connectivity index (χ3n) is 3.94. The number of fused-ring (bicyclic) bond motifs is 1. The van der Waals surface area contributed by atoms with Crippen molar-refractivity contribution in [2.24, 2.45) is 11.8 Å². The van der Waals surface area contributed by atoms with Gasteiger partial charge in [-0.3, -0.25) is 0 Å². The summed E-state index contributed by atoms with van der Waals surface area (Å²) in [5.74, 6) is 3.10. The summed E-state index contributed by atoms with van der Waals surface area (Å²) in [6, 6.07) is 0.622. The summed E-state index contributed by atoms with van der Waals surface area (Å²) < 4.78 is 3.46. The van der Waals surface area contributed by atoms with Gasteiger partial charge in [0.25, 0.3) is 0 Å². The topological polar surface area (TPSA) is 38.0 Å². The van der Waals surface area contributed by atoms with Crippen LogP contribution in [0.2, 0.25) is 0 Å². The highest BCUT2D eigenvalue weighted by Gasteiger charge is 2.57. The summed E-state index contributed by atoms with van der Waals surface area (Å²) in [7, 11) is 0. The van der Waals surface area contributed by atoms with Crippen molar-refractivity contribution >= 4 is 22.6 Å². The van der Waals surface area contributed by atoms with Gasteiger partial charge in [-0.2, -0.15) is 0 Å². The lowest BCUT2D eigenvalue weighted by atomic mass is 10.1. The Balaban J connectivity index is 1.86. The van der Waals surface area contributed by atoms with E-state index in [-0.39, 0.29) is 6.10 Å². The zero-order chi connectivity index (χ0) is 11.4. The molecule has 4 heteroatoms. The Hall–Kier alpha value is -0.100. The average molecular weight is 332 g/mol. The van der Waals surface area contributed by atoms with Gasteiger partial charge in [-0.25, -0.2) is 4.98 Å². The minimum Gasteiger partial charge on any atom is -0.393 e. The fourth-order valence-corrected chi connectivity index (χ4v) is 3.78. The van der Waals surface area contributed by atoms with E-state index in [1.165, 1.54) is 5.82 Å². The van der Waals surface area contributed by atoms with E-state index >= 15 is 0 Å². The molecule has 1 aromatic rings. The summed E-state index contributed by atoms with van der Waals surface area (Å²) in [4.78, 5) is 4.60. The van der Waals surface area contributed by atoms with Crippen LogP contribution in [0.1, 0.15) is 44.5 Å². The van der Waals surface area contributed by atoms with Crippen LogP contribution in [-0.4, -0.2) is 20.8 Å². The van der Waals surface area contributed by atoms with Crippen molar-refractivity contribution in [3.8, 4) is 0 Å². The van der Waals surface area contributed by atoms with E-state index in [0.29, 0.717) is 23.8 Å². The molecule has 0 aliphatic heterocycles. The SMILES string of the molecule is CC(C)c1nc(I)cn1[C@@H]1[C@@H]2CC(O)C[C@@H]21. The van der Waals surface area contributed by atoms with Crippen LogP contribution in [0.15, 0.2) is 6.20 Å². The van der Waals surface area contributed by atoms with Gasteiger partial charge in [0.05, 0.1) is 6.10 Å². The van der Waals surface area contributed by atoms with Gasteiger partial charge in [-0.15, -0.1) is 0 Å². The molecule has 0 saturated heterocycles. The number of imidazole rings is 1. The Kier molecular flexibility index (Phi) is 2.55. The van der Waals surface area contributed by atoms with Crippen molar-refractivity contribution in [1.29, 1.82) is 0 Å². The number of hydrogen-bond donors (Lipinski definition) is 1. The van der Waals surface area contributed by atoms with Crippen LogP contribution in [0, 0.1) is 15.5 Å². The maximum atomic E-state index is 9.55. The van der Waals surface area contributed by atoms with Crippen molar-refractivity contribution in [2.45, 2.75) is 44.8 Å². The fraction of sp³-hybridized carbons (Fsp3) is 0.750. The first-order valence-electron chi connectivity index (χ1n) is 6.00. The van der Waals surface area contributed by atoms with Gasteiger partial charge in [0, 0.05) is 18.2 Å². The summed E-state index contributed by atoms with van der Waals surface area (Å²) in [6.07, 6.45) is 4.10. The molecule has 0 spiro atoms. The van der Waals surface area contributed by atoms with Crippen molar-refractivity contribution in [3.63, 3.8) is 0 Å². The molecule has 3 rings (SSSR count). The maximum Gasteiger partial charge on any atom is 0.119 e. The largest absolute Gasteiger partial charge is 0.393 e. The van der Waals surface area contributed by atoms with E-state index in [9.17, 15) is 5.11 Å². The van der Waals surface area contributed by atoms with Gasteiger partial charge in [-0.05, 0) is 47.3 Å². The zero-order valence-corrected chi connectivity index (χ0v) is 11.8. The quantitative estimate of drug-likeness (QED) is 0.846. The van der Waals surface area contributed by atoms with Crippen LogP contribution >= 0.6 is 22.6 Å². The minimum absolute atomic E-state index is 0.0451. The number of rotatable bonds is 2. The molecule has 1 heterocycles. The molecule has 16 heavy (non-hydrogen) atoms. The number of nitrogens with zero attached hydrogens (tertiary/aromatic N) is 2. The summed E-state index contributed by atoms with van der Waals surface area (Å²) >= 11 is 2.29. The second kappa shape index (κ2) is 3.70. The molecule has 0 amide bonds. The molecule has 0 bridgehead atoms. The minimum atomic E-state index is -0.0451. The molecule has 2 aliphatic rings. The molecule has 1 aromatic heterocycles. The lowest BCUT2D eigenvalue weighted by Gasteiger charge is -2.13. The molecule has 1 N–H and O–H groups in total. The molecule has 88 valence electrons. The zero-order valence-electron chi connectivity index (χ0n) is 9.60. The van der Waals surface area contributed by atoms with Crippen molar-refractivity contribution in [1.82, 2.24) is 9.55 Å². The van der Waals surface area contributed by atoms with Crippen LogP contribution in [0.5, 0.6) is 0 Å². The smallest absolute Gasteiger partial charge is 0.119 e. The molecule has 2 fully saturated rings. The summed E-state index contributed by atoms with van der Waals surface area (Å²) in [5.41, 5.74) is 0. The third-order valence-corrected chi connectivity index (χ3v) is 4.46. The second-order valence-electron chi connectivity index (χ2n) is 5.43. The summed E-state index contributed by atoms with van der Waals surface area (Å²) in [5, 5.41) is 9.55. The molecule has 2 aliphatic carbocycles. The monoisotopic (exact) mass is 332 g/mol. The third kappa shape index (κ3) is 1.61. The van der Waals surface area contributed by atoms with Crippen molar-refractivity contribution < 1.29 is 5.11 Å². The lowest BCUT2D eigenvalue weighted by molar-refractivity contribution is 0.161. The molecular formula is C12H17IN2O. The van der Waals surface area contributed by atoms with E-state index in [0.717, 1.165) is 16.5 Å². The number of halogens is 1. The predicted octanol–water partition coefficient (Wildman–Crippen LogP) is 2.55. The van der Waals surface area contributed by atoms with E-state index in [1.807, 2.05) is 0 Å². The van der Waals surface area contributed by atoms with Crippen LogP contribution in [-0.2, 0) is 0 Å². The predicted molar refractivity (Wildman–Crippen MR) is 70.3 cm³/mol. The molecule has 0 aromatic carbocycles. The molecule has 2 saturated carbocycles. The number of hydrogen-bond acceptors (Lipinski definition) is 2. The Morgan fingerprint density at radius 3 is 2.62 bits per heavy atom. The van der Waals surface area contributed by atoms with Gasteiger partial charge in [-0.1, -0.05) is 13.8 Å². The highest BCUT2D eigenvalue weighted by atomic mass is 127. The second-order valence-corrected chi connectivity index (χ2v) is 6.53. The normalized spacial score (nSPS) is 36.8. The highest BCUT2D eigenvalue weighted by molar-refractivity contribution is 14.1. The lowest BCUT2D eigenvalue weighted by Crippen LogP contribution is -2.11. The standard InChI is InChI=1S/C12H17IN2O/c1-6(2)12-14-10(13)5-15(12)11-8-3-7(16)4-9(8)11/h5-9,11,16H,3-4H2,1-2H3/t7?,8-,9+,11-. The Labute approximate surface area is 109 Å². The molecule has 1 unspecified atom stereocenters. The van der Waals surface area contributed by atoms with Crippen LogP contribution in [0.3, 0.4) is 0 Å². The van der Waals surface area contributed by atoms with Gasteiger partial charge >= 0.3 is 0 Å². The van der Waals surface area contributed by atoms with E-state index in [1.54, 1.807) is 0 Å². The molecule has 0 radical (unpaired) electrons. The van der Waals surface area contributed by atoms with Crippen LogP contribution in [0.25, 0.3) is 0 Å². The Morgan fingerprint density at radius 1 is 1.44 bits per heavy atom. The van der Waals surface area contributed by atoms with E-state index < -0.39 is 0 Å². The van der Waals surface area contributed by atoms with E-state index in [2.05, 4.69) is 52.2 Å². The summed E-state index contributed by atoms with van der Waals surface area (Å²) in [6.45, 7) is 4.39. The molecule has 4 atom stereocenters.